The van der Waals surface area contributed by atoms with Gasteiger partial charge in [-0.15, -0.1) is 6.42 Å². The Morgan fingerprint density at radius 1 is 1.43 bits per heavy atom. The van der Waals surface area contributed by atoms with Gasteiger partial charge in [0, 0.05) is 35.6 Å². The van der Waals surface area contributed by atoms with Crippen LogP contribution in [-0.4, -0.2) is 15.7 Å². The van der Waals surface area contributed by atoms with E-state index < -0.39 is 0 Å². The van der Waals surface area contributed by atoms with Gasteiger partial charge in [-0.1, -0.05) is 12.0 Å². The number of carbonyl (C=O) groups is 1. The first kappa shape index (κ1) is 14.6. The van der Waals surface area contributed by atoms with Crippen molar-refractivity contribution in [1.82, 2.24) is 9.78 Å². The van der Waals surface area contributed by atoms with Crippen molar-refractivity contribution in [3.05, 3.63) is 52.9 Å². The number of amides is 1. The number of rotatable bonds is 3. The van der Waals surface area contributed by atoms with Crippen LogP contribution in [0.25, 0.3) is 6.08 Å². The highest BCUT2D eigenvalue weighted by atomic mass is 16.1. The van der Waals surface area contributed by atoms with Gasteiger partial charge in [0.1, 0.15) is 0 Å². The first-order chi connectivity index (χ1) is 10.0. The third-order valence-corrected chi connectivity index (χ3v) is 3.26. The van der Waals surface area contributed by atoms with Crippen molar-refractivity contribution in [2.24, 2.45) is 7.05 Å². The monoisotopic (exact) mass is 279 g/mol. The number of hydrogen-bond donors (Lipinski definition) is 1. The number of hydrogen-bond acceptors (Lipinski definition) is 2. The molecule has 4 nitrogen and oxygen atoms in total. The molecule has 1 aromatic carbocycles. The predicted octanol–water partition coefficient (Wildman–Crippen LogP) is 2.67. The van der Waals surface area contributed by atoms with Crippen LogP contribution in [0.2, 0.25) is 0 Å². The lowest BCUT2D eigenvalue weighted by molar-refractivity contribution is -0.111. The van der Waals surface area contributed by atoms with Gasteiger partial charge in [-0.05, 0) is 38.1 Å². The topological polar surface area (TPSA) is 46.9 Å². The van der Waals surface area contributed by atoms with Crippen LogP contribution in [0, 0.1) is 26.2 Å². The largest absolute Gasteiger partial charge is 0.322 e. The van der Waals surface area contributed by atoms with E-state index in [0.717, 1.165) is 22.5 Å². The van der Waals surface area contributed by atoms with Gasteiger partial charge in [0.25, 0.3) is 0 Å². The lowest BCUT2D eigenvalue weighted by atomic mass is 10.2. The highest BCUT2D eigenvalue weighted by Crippen LogP contribution is 2.14. The van der Waals surface area contributed by atoms with Gasteiger partial charge < -0.3 is 5.32 Å². The number of nitrogens with one attached hydrogen (secondary N) is 1. The molecule has 1 N–H and O–H groups in total. The van der Waals surface area contributed by atoms with Crippen LogP contribution in [0.4, 0.5) is 5.69 Å². The Balaban J connectivity index is 2.11. The summed E-state index contributed by atoms with van der Waals surface area (Å²) in [6, 6.07) is 7.18. The van der Waals surface area contributed by atoms with E-state index >= 15 is 0 Å². The summed E-state index contributed by atoms with van der Waals surface area (Å²) in [5.74, 6) is 2.33. The molecular weight excluding hydrogens is 262 g/mol. The van der Waals surface area contributed by atoms with Gasteiger partial charge in [-0.3, -0.25) is 9.48 Å². The van der Waals surface area contributed by atoms with Crippen LogP contribution in [0.3, 0.4) is 0 Å². The molecule has 0 bridgehead atoms. The quantitative estimate of drug-likeness (QED) is 0.693. The highest BCUT2D eigenvalue weighted by molar-refractivity contribution is 6.02. The molecule has 21 heavy (non-hydrogen) atoms. The summed E-state index contributed by atoms with van der Waals surface area (Å²) < 4.78 is 1.79. The minimum atomic E-state index is -0.202. The number of aryl methyl sites for hydroxylation is 2. The fraction of sp³-hybridized carbons (Fsp3) is 0.176. The van der Waals surface area contributed by atoms with Crippen LogP contribution in [0.1, 0.15) is 22.5 Å². The predicted molar refractivity (Wildman–Crippen MR) is 84.7 cm³/mol. The summed E-state index contributed by atoms with van der Waals surface area (Å²) in [6.45, 7) is 3.88. The van der Waals surface area contributed by atoms with E-state index in [1.807, 2.05) is 33.0 Å². The molecule has 0 fully saturated rings. The summed E-state index contributed by atoms with van der Waals surface area (Å²) >= 11 is 0. The molecule has 0 atom stereocenters. The van der Waals surface area contributed by atoms with Crippen molar-refractivity contribution in [3.8, 4) is 12.3 Å². The summed E-state index contributed by atoms with van der Waals surface area (Å²) in [7, 11) is 1.88. The van der Waals surface area contributed by atoms with Crippen LogP contribution in [-0.2, 0) is 11.8 Å². The van der Waals surface area contributed by atoms with E-state index in [9.17, 15) is 4.79 Å². The van der Waals surface area contributed by atoms with E-state index in [0.29, 0.717) is 5.69 Å². The third kappa shape index (κ3) is 3.40. The number of nitrogens with zero attached hydrogens (tertiary/aromatic N) is 2. The van der Waals surface area contributed by atoms with Gasteiger partial charge >= 0.3 is 0 Å². The second-order valence-electron chi connectivity index (χ2n) is 4.76. The van der Waals surface area contributed by atoms with Crippen LogP contribution in [0.15, 0.2) is 30.3 Å². The van der Waals surface area contributed by atoms with Gasteiger partial charge in [0.05, 0.1) is 5.69 Å². The zero-order chi connectivity index (χ0) is 15.4. The number of aromatic nitrogens is 2. The number of anilines is 1. The van der Waals surface area contributed by atoms with Crippen molar-refractivity contribution >= 4 is 17.7 Å². The molecule has 1 amide bonds. The molecule has 2 aromatic rings. The minimum Gasteiger partial charge on any atom is -0.322 e. The molecule has 0 aliphatic carbocycles. The van der Waals surface area contributed by atoms with Crippen LogP contribution in [0.5, 0.6) is 0 Å². The van der Waals surface area contributed by atoms with Crippen molar-refractivity contribution in [1.29, 1.82) is 0 Å². The van der Waals surface area contributed by atoms with Gasteiger partial charge in [-0.25, -0.2) is 0 Å². The summed E-state index contributed by atoms with van der Waals surface area (Å²) in [4.78, 5) is 11.9. The fourth-order valence-corrected chi connectivity index (χ4v) is 2.06. The molecule has 0 spiro atoms. The molecule has 0 aliphatic rings. The lowest BCUT2D eigenvalue weighted by Gasteiger charge is -2.02. The molecule has 0 radical (unpaired) electrons. The van der Waals surface area contributed by atoms with E-state index in [2.05, 4.69) is 16.3 Å². The zero-order valence-electron chi connectivity index (χ0n) is 12.3. The number of carbonyl (C=O) groups excluding carboxylic acids is 1. The van der Waals surface area contributed by atoms with Crippen molar-refractivity contribution < 1.29 is 4.79 Å². The van der Waals surface area contributed by atoms with Gasteiger partial charge in [-0.2, -0.15) is 5.10 Å². The Kier molecular flexibility index (Phi) is 4.24. The first-order valence-electron chi connectivity index (χ1n) is 6.57. The van der Waals surface area contributed by atoms with Crippen molar-refractivity contribution in [2.45, 2.75) is 13.8 Å². The average molecular weight is 279 g/mol. The van der Waals surface area contributed by atoms with E-state index in [-0.39, 0.29) is 5.91 Å². The molecule has 1 heterocycles. The second kappa shape index (κ2) is 6.10. The maximum absolute atomic E-state index is 11.9. The molecule has 0 saturated carbocycles. The Bertz CT molecular complexity index is 748. The van der Waals surface area contributed by atoms with E-state index in [4.69, 9.17) is 6.42 Å². The highest BCUT2D eigenvalue weighted by Gasteiger charge is 2.06. The number of terminal acetylenes is 1. The van der Waals surface area contributed by atoms with Crippen molar-refractivity contribution in [2.75, 3.05) is 5.32 Å². The van der Waals surface area contributed by atoms with Gasteiger partial charge in [0.15, 0.2) is 0 Å². The molecule has 0 unspecified atom stereocenters. The summed E-state index contributed by atoms with van der Waals surface area (Å²) in [5, 5.41) is 7.09. The maximum Gasteiger partial charge on any atom is 0.248 e. The molecular formula is C17H17N3O. The van der Waals surface area contributed by atoms with Crippen molar-refractivity contribution in [3.63, 3.8) is 0 Å². The zero-order valence-corrected chi connectivity index (χ0v) is 12.3. The summed E-state index contributed by atoms with van der Waals surface area (Å²) in [6.07, 6.45) is 8.61. The molecule has 2 rings (SSSR count). The maximum atomic E-state index is 11.9. The molecule has 1 aromatic heterocycles. The van der Waals surface area contributed by atoms with Crippen LogP contribution >= 0.6 is 0 Å². The first-order valence-corrected chi connectivity index (χ1v) is 6.57. The molecule has 0 aliphatic heterocycles. The average Bonchev–Trinajstić information content (AvgIpc) is 2.70. The smallest absolute Gasteiger partial charge is 0.248 e. The molecule has 4 heteroatoms. The Morgan fingerprint density at radius 2 is 2.19 bits per heavy atom. The fourth-order valence-electron chi connectivity index (χ4n) is 2.06. The summed E-state index contributed by atoms with van der Waals surface area (Å²) in [5.41, 5.74) is 4.29. The molecule has 106 valence electrons. The lowest BCUT2D eigenvalue weighted by Crippen LogP contribution is -2.07. The number of benzene rings is 1. The van der Waals surface area contributed by atoms with Crippen LogP contribution < -0.4 is 5.32 Å². The normalized spacial score (nSPS) is 10.6. The minimum absolute atomic E-state index is 0.202. The standard InChI is InChI=1S/C17H17N3O/c1-5-14-7-6-8-15(11-14)18-17(21)10-9-16-12(2)19-20(4)13(16)3/h1,6-11H,2-4H3,(H,18,21). The third-order valence-electron chi connectivity index (χ3n) is 3.26. The van der Waals surface area contributed by atoms with E-state index in [1.54, 1.807) is 22.9 Å². The van der Waals surface area contributed by atoms with Gasteiger partial charge in [0.2, 0.25) is 5.91 Å². The molecule has 0 saturated heterocycles. The Labute approximate surface area is 124 Å². The second-order valence-corrected chi connectivity index (χ2v) is 4.76. The Hall–Kier alpha value is -2.80. The van der Waals surface area contributed by atoms with E-state index in [1.165, 1.54) is 6.08 Å². The Morgan fingerprint density at radius 3 is 2.81 bits per heavy atom. The SMILES string of the molecule is C#Cc1cccc(NC(=O)C=Cc2c(C)nn(C)c2C)c1.